The molecular weight excluding hydrogens is 474 g/mol. The van der Waals surface area contributed by atoms with Crippen LogP contribution in [0.4, 0.5) is 0 Å². The number of hydrogen-bond donors (Lipinski definition) is 2. The molecule has 2 aromatic heterocycles. The molecule has 0 spiro atoms. The van der Waals surface area contributed by atoms with Crippen molar-refractivity contribution >= 4 is 22.8 Å². The molecule has 0 fully saturated rings. The van der Waals surface area contributed by atoms with Gasteiger partial charge in [0.05, 0.1) is 16.8 Å². The molecule has 0 saturated heterocycles. The van der Waals surface area contributed by atoms with E-state index in [1.165, 1.54) is 0 Å². The predicted octanol–water partition coefficient (Wildman–Crippen LogP) is 6.03. The van der Waals surface area contributed by atoms with E-state index in [2.05, 4.69) is 10.3 Å². The molecule has 3 aromatic carbocycles. The number of para-hydroxylation sites is 1. The maximum absolute atomic E-state index is 14.0. The maximum Gasteiger partial charge on any atom is 0.330 e. The summed E-state index contributed by atoms with van der Waals surface area (Å²) >= 11 is 0. The molecule has 1 amide bonds. The minimum atomic E-state index is -1.18. The highest BCUT2D eigenvalue weighted by Crippen LogP contribution is 2.32. The topological polar surface area (TPSA) is 92.2 Å². The van der Waals surface area contributed by atoms with Gasteiger partial charge in [-0.1, -0.05) is 78.9 Å². The second-order valence-electron chi connectivity index (χ2n) is 9.06. The molecule has 0 bridgehead atoms. The number of pyridine rings is 2. The van der Waals surface area contributed by atoms with Crippen LogP contribution in [0.25, 0.3) is 22.2 Å². The van der Waals surface area contributed by atoms with E-state index in [0.29, 0.717) is 28.5 Å². The van der Waals surface area contributed by atoms with Crippen molar-refractivity contribution in [2.24, 2.45) is 0 Å². The SMILES string of the molecule is O=C(NC(C(=O)O)c1ccccc1)c1c(CCCc2ccncc2)c(-c2ccccc2)nc2ccccc12. The largest absolute Gasteiger partial charge is 0.479 e. The molecule has 1 unspecified atom stereocenters. The molecule has 0 saturated carbocycles. The van der Waals surface area contributed by atoms with Crippen LogP contribution in [0.2, 0.25) is 0 Å². The highest BCUT2D eigenvalue weighted by molar-refractivity contribution is 6.10. The van der Waals surface area contributed by atoms with Crippen LogP contribution in [0.15, 0.2) is 109 Å². The fourth-order valence-electron chi connectivity index (χ4n) is 4.74. The summed E-state index contributed by atoms with van der Waals surface area (Å²) in [5.74, 6) is -1.55. The number of amides is 1. The lowest BCUT2D eigenvalue weighted by Gasteiger charge is -2.20. The summed E-state index contributed by atoms with van der Waals surface area (Å²) in [5.41, 5.74) is 5.26. The Kier molecular flexibility index (Phi) is 7.50. The van der Waals surface area contributed by atoms with E-state index >= 15 is 0 Å². The smallest absolute Gasteiger partial charge is 0.330 e. The lowest BCUT2D eigenvalue weighted by molar-refractivity contribution is -0.139. The van der Waals surface area contributed by atoms with Gasteiger partial charge in [0.25, 0.3) is 5.91 Å². The second-order valence-corrected chi connectivity index (χ2v) is 9.06. The van der Waals surface area contributed by atoms with Crippen molar-refractivity contribution < 1.29 is 14.7 Å². The predicted molar refractivity (Wildman–Crippen MR) is 148 cm³/mol. The highest BCUT2D eigenvalue weighted by Gasteiger charge is 2.27. The minimum Gasteiger partial charge on any atom is -0.479 e. The fraction of sp³-hybridized carbons (Fsp3) is 0.125. The van der Waals surface area contributed by atoms with Gasteiger partial charge < -0.3 is 10.4 Å². The van der Waals surface area contributed by atoms with E-state index in [1.807, 2.05) is 72.8 Å². The number of carboxylic acid groups (broad SMARTS) is 1. The zero-order valence-corrected chi connectivity index (χ0v) is 20.7. The van der Waals surface area contributed by atoms with Crippen molar-refractivity contribution in [3.8, 4) is 11.3 Å². The Morgan fingerprint density at radius 3 is 2.16 bits per heavy atom. The van der Waals surface area contributed by atoms with Crippen molar-refractivity contribution in [3.63, 3.8) is 0 Å². The summed E-state index contributed by atoms with van der Waals surface area (Å²) in [6, 6.07) is 28.8. The molecule has 2 heterocycles. The summed E-state index contributed by atoms with van der Waals surface area (Å²) in [6.45, 7) is 0. The standard InChI is InChI=1S/C32H27N3O3/c36-31(35-30(32(37)38)24-13-5-2-6-14-24)28-25-15-7-8-17-27(25)34-29(23-11-3-1-4-12-23)26(28)16-9-10-22-18-20-33-21-19-22/h1-8,11-15,17-21,30H,9-10,16H2,(H,35,36)(H,37,38). The van der Waals surface area contributed by atoms with Crippen molar-refractivity contribution in [3.05, 3.63) is 132 Å². The third-order valence-corrected chi connectivity index (χ3v) is 6.56. The van der Waals surface area contributed by atoms with Crippen LogP contribution in [0, 0.1) is 0 Å². The Labute approximate surface area is 221 Å². The molecule has 5 rings (SSSR count). The number of carbonyl (C=O) groups excluding carboxylic acids is 1. The fourth-order valence-corrected chi connectivity index (χ4v) is 4.74. The van der Waals surface area contributed by atoms with Gasteiger partial charge >= 0.3 is 5.97 Å². The lowest BCUT2D eigenvalue weighted by atomic mass is 9.91. The molecule has 5 aromatic rings. The van der Waals surface area contributed by atoms with E-state index < -0.39 is 17.9 Å². The molecule has 0 aliphatic heterocycles. The second kappa shape index (κ2) is 11.5. The van der Waals surface area contributed by atoms with E-state index in [4.69, 9.17) is 4.98 Å². The van der Waals surface area contributed by atoms with Crippen LogP contribution in [-0.4, -0.2) is 27.0 Å². The van der Waals surface area contributed by atoms with E-state index in [0.717, 1.165) is 35.2 Å². The first-order valence-electron chi connectivity index (χ1n) is 12.6. The lowest BCUT2D eigenvalue weighted by Crippen LogP contribution is -2.34. The first kappa shape index (κ1) is 24.8. The number of rotatable bonds is 9. The zero-order valence-electron chi connectivity index (χ0n) is 20.7. The van der Waals surface area contributed by atoms with Gasteiger partial charge in [0, 0.05) is 23.3 Å². The Morgan fingerprint density at radius 2 is 1.45 bits per heavy atom. The van der Waals surface area contributed by atoms with Crippen molar-refractivity contribution in [2.75, 3.05) is 0 Å². The summed E-state index contributed by atoms with van der Waals surface area (Å²) in [5, 5.41) is 13.5. The monoisotopic (exact) mass is 501 g/mol. The third-order valence-electron chi connectivity index (χ3n) is 6.56. The van der Waals surface area contributed by atoms with Gasteiger partial charge in [0.15, 0.2) is 6.04 Å². The summed E-state index contributed by atoms with van der Waals surface area (Å²) in [4.78, 5) is 35.2. The molecular formula is C32H27N3O3. The normalized spacial score (nSPS) is 11.7. The Hall–Kier alpha value is -4.84. The molecule has 0 radical (unpaired) electrons. The number of carboxylic acids is 1. The molecule has 188 valence electrons. The van der Waals surface area contributed by atoms with E-state index in [-0.39, 0.29) is 0 Å². The van der Waals surface area contributed by atoms with Crippen LogP contribution < -0.4 is 5.32 Å². The zero-order chi connectivity index (χ0) is 26.3. The Morgan fingerprint density at radius 1 is 0.789 bits per heavy atom. The highest BCUT2D eigenvalue weighted by atomic mass is 16.4. The number of nitrogens with one attached hydrogen (secondary N) is 1. The van der Waals surface area contributed by atoms with Crippen molar-refractivity contribution in [1.29, 1.82) is 0 Å². The van der Waals surface area contributed by atoms with Gasteiger partial charge in [-0.25, -0.2) is 9.78 Å². The van der Waals surface area contributed by atoms with Crippen LogP contribution in [0.5, 0.6) is 0 Å². The minimum absolute atomic E-state index is 0.434. The quantitative estimate of drug-likeness (QED) is 0.257. The van der Waals surface area contributed by atoms with E-state index in [1.54, 1.807) is 36.7 Å². The number of benzene rings is 3. The summed E-state index contributed by atoms with van der Waals surface area (Å²) < 4.78 is 0. The number of aryl methyl sites for hydroxylation is 1. The average molecular weight is 502 g/mol. The van der Waals surface area contributed by atoms with Gasteiger partial charge in [-0.15, -0.1) is 0 Å². The molecule has 38 heavy (non-hydrogen) atoms. The first-order chi connectivity index (χ1) is 18.6. The van der Waals surface area contributed by atoms with Gasteiger partial charge in [0.2, 0.25) is 0 Å². The average Bonchev–Trinajstić information content (AvgIpc) is 2.96. The van der Waals surface area contributed by atoms with Gasteiger partial charge in [0.1, 0.15) is 0 Å². The third kappa shape index (κ3) is 5.44. The Balaban J connectivity index is 1.61. The summed E-state index contributed by atoms with van der Waals surface area (Å²) in [7, 11) is 0. The number of aliphatic carboxylic acids is 1. The molecule has 6 heteroatoms. The number of fused-ring (bicyclic) bond motifs is 1. The van der Waals surface area contributed by atoms with Gasteiger partial charge in [-0.2, -0.15) is 0 Å². The molecule has 6 nitrogen and oxygen atoms in total. The number of carbonyl (C=O) groups is 2. The maximum atomic E-state index is 14.0. The van der Waals surface area contributed by atoms with Crippen LogP contribution in [0.1, 0.15) is 39.5 Å². The van der Waals surface area contributed by atoms with Crippen LogP contribution in [0.3, 0.4) is 0 Å². The molecule has 2 N–H and O–H groups in total. The Bertz CT molecular complexity index is 1560. The van der Waals surface area contributed by atoms with E-state index in [9.17, 15) is 14.7 Å². The first-order valence-corrected chi connectivity index (χ1v) is 12.6. The van der Waals surface area contributed by atoms with Crippen molar-refractivity contribution in [2.45, 2.75) is 25.3 Å². The van der Waals surface area contributed by atoms with Crippen LogP contribution >= 0.6 is 0 Å². The van der Waals surface area contributed by atoms with Gasteiger partial charge in [-0.3, -0.25) is 9.78 Å². The molecule has 0 aliphatic rings. The molecule has 0 aliphatic carbocycles. The van der Waals surface area contributed by atoms with Crippen LogP contribution in [-0.2, 0) is 17.6 Å². The summed E-state index contributed by atoms with van der Waals surface area (Å²) in [6.07, 6.45) is 5.74. The number of nitrogens with zero attached hydrogens (tertiary/aromatic N) is 2. The van der Waals surface area contributed by atoms with Gasteiger partial charge in [-0.05, 0) is 54.2 Å². The molecule has 1 atom stereocenters. The number of aromatic nitrogens is 2. The van der Waals surface area contributed by atoms with Crippen molar-refractivity contribution in [1.82, 2.24) is 15.3 Å². The number of hydrogen-bond acceptors (Lipinski definition) is 4.